The molecule has 1 aromatic rings. The number of sulfonamides is 1. The lowest BCUT2D eigenvalue weighted by Gasteiger charge is -2.26. The Balaban J connectivity index is 3.03. The molecular weight excluding hydrogens is 288 g/mol. The summed E-state index contributed by atoms with van der Waals surface area (Å²) in [4.78, 5) is 4.45. The maximum atomic E-state index is 11.8. The number of anilines is 2. The molecule has 0 bridgehead atoms. The van der Waals surface area contributed by atoms with Crippen molar-refractivity contribution in [1.82, 2.24) is 9.62 Å². The van der Waals surface area contributed by atoms with Crippen molar-refractivity contribution in [2.45, 2.75) is 18.2 Å². The van der Waals surface area contributed by atoms with E-state index < -0.39 is 10.0 Å². The van der Waals surface area contributed by atoms with Gasteiger partial charge >= 0.3 is 0 Å². The molecule has 6 nitrogen and oxygen atoms in total. The van der Waals surface area contributed by atoms with E-state index in [1.54, 1.807) is 12.1 Å². The fourth-order valence-corrected chi connectivity index (χ4v) is 2.88. The first-order valence-corrected chi connectivity index (χ1v) is 8.53. The topological polar surface area (TPSA) is 78.7 Å². The van der Waals surface area contributed by atoms with Gasteiger partial charge in [0.15, 0.2) is 0 Å². The molecule has 0 amide bonds. The smallest absolute Gasteiger partial charge is 0.242 e. The van der Waals surface area contributed by atoms with E-state index in [1.165, 1.54) is 7.05 Å². The second-order valence-corrected chi connectivity index (χ2v) is 7.07. The van der Waals surface area contributed by atoms with Crippen molar-refractivity contribution in [3.05, 3.63) is 18.2 Å². The van der Waals surface area contributed by atoms with Gasteiger partial charge < -0.3 is 15.5 Å². The van der Waals surface area contributed by atoms with Gasteiger partial charge in [-0.1, -0.05) is 6.92 Å². The van der Waals surface area contributed by atoms with Crippen LogP contribution >= 0.6 is 0 Å². The van der Waals surface area contributed by atoms with Gasteiger partial charge in [0.2, 0.25) is 10.0 Å². The zero-order valence-corrected chi connectivity index (χ0v) is 14.1. The molecule has 3 N–H and O–H groups in total. The van der Waals surface area contributed by atoms with Crippen molar-refractivity contribution in [2.24, 2.45) is 0 Å². The van der Waals surface area contributed by atoms with E-state index in [9.17, 15) is 8.42 Å². The number of nitrogens with zero attached hydrogens (tertiary/aromatic N) is 2. The summed E-state index contributed by atoms with van der Waals surface area (Å²) >= 11 is 0. The first-order chi connectivity index (χ1) is 9.81. The van der Waals surface area contributed by atoms with Gasteiger partial charge in [0.25, 0.3) is 0 Å². The van der Waals surface area contributed by atoms with E-state index in [2.05, 4.69) is 21.4 Å². The standard InChI is InChI=1S/C14H26N4O2S/c1-5-8-18(10-9-17(3)4)12-6-7-14(13(15)11-12)21(19,20)16-2/h6-7,11,16H,5,8-10,15H2,1-4H3. The molecule has 120 valence electrons. The minimum atomic E-state index is -3.51. The van der Waals surface area contributed by atoms with Crippen LogP contribution in [0.3, 0.4) is 0 Å². The summed E-state index contributed by atoms with van der Waals surface area (Å²) in [6, 6.07) is 5.11. The zero-order chi connectivity index (χ0) is 16.0. The van der Waals surface area contributed by atoms with Crippen molar-refractivity contribution < 1.29 is 8.42 Å². The van der Waals surface area contributed by atoms with Gasteiger partial charge in [0.05, 0.1) is 5.69 Å². The van der Waals surface area contributed by atoms with Gasteiger partial charge in [-0.2, -0.15) is 0 Å². The van der Waals surface area contributed by atoms with E-state index in [0.717, 1.165) is 31.7 Å². The third-order valence-corrected chi connectivity index (χ3v) is 4.72. The molecule has 0 fully saturated rings. The fourth-order valence-electron chi connectivity index (χ4n) is 2.05. The van der Waals surface area contributed by atoms with E-state index >= 15 is 0 Å². The molecule has 7 heteroatoms. The Bertz CT molecular complexity index is 558. The number of likely N-dealkylation sites (N-methyl/N-ethyl adjacent to an activating group) is 1. The van der Waals surface area contributed by atoms with Crippen LogP contribution in [-0.4, -0.2) is 54.1 Å². The summed E-state index contributed by atoms with van der Waals surface area (Å²) in [6.45, 7) is 4.83. The highest BCUT2D eigenvalue weighted by atomic mass is 32.2. The number of benzene rings is 1. The lowest BCUT2D eigenvalue weighted by Crippen LogP contribution is -2.32. The minimum absolute atomic E-state index is 0.123. The second kappa shape index (κ2) is 7.63. The van der Waals surface area contributed by atoms with Crippen molar-refractivity contribution >= 4 is 21.4 Å². The Morgan fingerprint density at radius 2 is 1.86 bits per heavy atom. The molecule has 0 saturated carbocycles. The predicted molar refractivity (Wildman–Crippen MR) is 88.2 cm³/mol. The third-order valence-electron chi connectivity index (χ3n) is 3.23. The first-order valence-electron chi connectivity index (χ1n) is 7.04. The fraction of sp³-hybridized carbons (Fsp3) is 0.571. The molecule has 0 spiro atoms. The molecule has 0 radical (unpaired) electrons. The van der Waals surface area contributed by atoms with Crippen molar-refractivity contribution in [2.75, 3.05) is 51.4 Å². The van der Waals surface area contributed by atoms with E-state index in [-0.39, 0.29) is 10.6 Å². The van der Waals surface area contributed by atoms with Crippen molar-refractivity contribution in [3.63, 3.8) is 0 Å². The van der Waals surface area contributed by atoms with Crippen LogP contribution in [0.4, 0.5) is 11.4 Å². The zero-order valence-electron chi connectivity index (χ0n) is 13.3. The minimum Gasteiger partial charge on any atom is -0.398 e. The summed E-state index contributed by atoms with van der Waals surface area (Å²) in [6.07, 6.45) is 1.02. The SMILES string of the molecule is CCCN(CCN(C)C)c1ccc(S(=O)(=O)NC)c(N)c1. The van der Waals surface area contributed by atoms with Crippen molar-refractivity contribution in [1.29, 1.82) is 0 Å². The molecular formula is C14H26N4O2S. The van der Waals surface area contributed by atoms with Gasteiger partial charge in [-0.25, -0.2) is 13.1 Å². The largest absolute Gasteiger partial charge is 0.398 e. The molecule has 0 aromatic heterocycles. The van der Waals surface area contributed by atoms with Crippen LogP contribution in [0.2, 0.25) is 0 Å². The van der Waals surface area contributed by atoms with Crippen LogP contribution in [0.5, 0.6) is 0 Å². The summed E-state index contributed by atoms with van der Waals surface area (Å²) in [5.74, 6) is 0. The number of nitrogens with one attached hydrogen (secondary N) is 1. The van der Waals surface area contributed by atoms with Gasteiger partial charge in [-0.3, -0.25) is 0 Å². The number of rotatable bonds is 8. The second-order valence-electron chi connectivity index (χ2n) is 5.22. The molecule has 0 saturated heterocycles. The van der Waals surface area contributed by atoms with Crippen molar-refractivity contribution in [3.8, 4) is 0 Å². The molecule has 1 aromatic carbocycles. The van der Waals surface area contributed by atoms with E-state index in [4.69, 9.17) is 5.73 Å². The Morgan fingerprint density at radius 3 is 2.33 bits per heavy atom. The maximum absolute atomic E-state index is 11.8. The highest BCUT2D eigenvalue weighted by molar-refractivity contribution is 7.89. The van der Waals surface area contributed by atoms with Crippen LogP contribution in [0.25, 0.3) is 0 Å². The number of nitrogens with two attached hydrogens (primary N) is 1. The summed E-state index contributed by atoms with van der Waals surface area (Å²) < 4.78 is 25.9. The third kappa shape index (κ3) is 4.87. The summed E-state index contributed by atoms with van der Waals surface area (Å²) in [5.41, 5.74) is 7.14. The molecule has 0 atom stereocenters. The molecule has 0 aliphatic heterocycles. The monoisotopic (exact) mass is 314 g/mol. The quantitative estimate of drug-likeness (QED) is 0.699. The normalized spacial score (nSPS) is 11.9. The molecule has 0 unspecified atom stereocenters. The molecule has 21 heavy (non-hydrogen) atoms. The van der Waals surface area contributed by atoms with Crippen LogP contribution in [0, 0.1) is 0 Å². The highest BCUT2D eigenvalue weighted by Crippen LogP contribution is 2.25. The molecule has 0 heterocycles. The highest BCUT2D eigenvalue weighted by Gasteiger charge is 2.16. The Labute approximate surface area is 128 Å². The lowest BCUT2D eigenvalue weighted by atomic mass is 10.2. The van der Waals surface area contributed by atoms with Gasteiger partial charge in [-0.15, -0.1) is 0 Å². The number of nitrogen functional groups attached to an aromatic ring is 1. The first kappa shape index (κ1) is 17.7. The molecule has 0 aliphatic rings. The van der Waals surface area contributed by atoms with Gasteiger partial charge in [-0.05, 0) is 45.8 Å². The van der Waals surface area contributed by atoms with Gasteiger partial charge in [0, 0.05) is 25.3 Å². The maximum Gasteiger partial charge on any atom is 0.242 e. The number of hydrogen-bond acceptors (Lipinski definition) is 5. The summed E-state index contributed by atoms with van der Waals surface area (Å²) in [5, 5.41) is 0. The Kier molecular flexibility index (Phi) is 6.44. The van der Waals surface area contributed by atoms with E-state index in [1.807, 2.05) is 20.2 Å². The summed E-state index contributed by atoms with van der Waals surface area (Å²) in [7, 11) is 1.92. The Morgan fingerprint density at radius 1 is 1.19 bits per heavy atom. The van der Waals surface area contributed by atoms with Crippen LogP contribution < -0.4 is 15.4 Å². The average molecular weight is 314 g/mol. The van der Waals surface area contributed by atoms with Crippen LogP contribution in [0.15, 0.2) is 23.1 Å². The molecule has 0 aliphatic carbocycles. The van der Waals surface area contributed by atoms with Gasteiger partial charge in [0.1, 0.15) is 4.90 Å². The Hall–Kier alpha value is -1.31. The predicted octanol–water partition coefficient (Wildman–Crippen LogP) is 0.955. The van der Waals surface area contributed by atoms with E-state index in [0.29, 0.717) is 0 Å². The van der Waals surface area contributed by atoms with Crippen LogP contribution in [0.1, 0.15) is 13.3 Å². The lowest BCUT2D eigenvalue weighted by molar-refractivity contribution is 0.413. The number of hydrogen-bond donors (Lipinski definition) is 2. The van der Waals surface area contributed by atoms with Crippen LogP contribution in [-0.2, 0) is 10.0 Å². The molecule has 1 rings (SSSR count). The average Bonchev–Trinajstić information content (AvgIpc) is 2.42.